The number of amides is 2. The van der Waals surface area contributed by atoms with Crippen molar-refractivity contribution in [3.63, 3.8) is 0 Å². The number of thiazole rings is 1. The van der Waals surface area contributed by atoms with Gasteiger partial charge in [0.2, 0.25) is 11.8 Å². The second-order valence-electron chi connectivity index (χ2n) is 6.20. The molecule has 8 heteroatoms. The van der Waals surface area contributed by atoms with Crippen molar-refractivity contribution in [2.75, 3.05) is 13.1 Å². The zero-order chi connectivity index (χ0) is 18.1. The molecule has 0 bridgehead atoms. The molecule has 0 aliphatic carbocycles. The molecule has 3 atom stereocenters. The number of likely N-dealkylation sites (N-methyl/N-ethyl adjacent to an activating group) is 1. The molecule has 25 heavy (non-hydrogen) atoms. The molecule has 0 aromatic carbocycles. The van der Waals surface area contributed by atoms with Gasteiger partial charge in [-0.3, -0.25) is 9.59 Å². The molecule has 1 unspecified atom stereocenters. The molecule has 1 rings (SSSR count). The van der Waals surface area contributed by atoms with Gasteiger partial charge < -0.3 is 21.7 Å². The van der Waals surface area contributed by atoms with Gasteiger partial charge >= 0.3 is 0 Å². The predicted molar refractivity (Wildman–Crippen MR) is 103 cm³/mol. The summed E-state index contributed by atoms with van der Waals surface area (Å²) in [6, 6.07) is -1.08. The van der Waals surface area contributed by atoms with Crippen LogP contribution >= 0.6 is 11.3 Å². The van der Waals surface area contributed by atoms with Gasteiger partial charge in [-0.2, -0.15) is 0 Å². The topological polar surface area (TPSA) is 109 Å². The first-order valence-corrected chi connectivity index (χ1v) is 9.23. The first kappa shape index (κ1) is 23.5. The molecule has 0 fully saturated rings. The average molecular weight is 372 g/mol. The van der Waals surface area contributed by atoms with Crippen LogP contribution in [0.2, 0.25) is 0 Å². The maximum Gasteiger partial charge on any atom is 0.242 e. The van der Waals surface area contributed by atoms with E-state index in [4.69, 9.17) is 5.73 Å². The highest BCUT2D eigenvalue weighted by molar-refractivity contribution is 7.07. The lowest BCUT2D eigenvalue weighted by Crippen LogP contribution is -2.55. The fourth-order valence-corrected chi connectivity index (χ4v) is 2.77. The monoisotopic (exact) mass is 371 g/mol. The zero-order valence-electron chi connectivity index (χ0n) is 14.8. The minimum absolute atomic E-state index is 0. The molecule has 1 aromatic heterocycles. The van der Waals surface area contributed by atoms with E-state index >= 15 is 0 Å². The van der Waals surface area contributed by atoms with Crippen molar-refractivity contribution in [2.24, 2.45) is 11.7 Å². The van der Waals surface area contributed by atoms with E-state index in [-0.39, 0.29) is 31.2 Å². The molecule has 144 valence electrons. The fraction of sp³-hybridized carbons (Fsp3) is 0.706. The van der Waals surface area contributed by atoms with Gasteiger partial charge in [-0.15, -0.1) is 11.3 Å². The van der Waals surface area contributed by atoms with E-state index in [0.717, 1.165) is 5.69 Å². The minimum atomic E-state index is -0.537. The van der Waals surface area contributed by atoms with Crippen molar-refractivity contribution < 1.29 is 9.59 Å². The summed E-state index contributed by atoms with van der Waals surface area (Å²) in [4.78, 5) is 28.5. The molecular weight excluding hydrogens is 338 g/mol. The number of hydrogen-bond acceptors (Lipinski definition) is 6. The highest BCUT2D eigenvalue weighted by Gasteiger charge is 2.25. The first-order chi connectivity index (χ1) is 11.3. The third-order valence-corrected chi connectivity index (χ3v) is 4.27. The van der Waals surface area contributed by atoms with Crippen molar-refractivity contribution in [1.82, 2.24) is 20.9 Å². The van der Waals surface area contributed by atoms with Crippen LogP contribution in [0.4, 0.5) is 0 Å². The van der Waals surface area contributed by atoms with Crippen LogP contribution in [-0.4, -0.2) is 48.0 Å². The molecule has 0 radical (unpaired) electrons. The molecule has 1 aromatic rings. The molecule has 7 nitrogen and oxygen atoms in total. The number of carbonyl (C=O) groups excluding carboxylic acids is 2. The quantitative estimate of drug-likeness (QED) is 0.489. The van der Waals surface area contributed by atoms with Crippen LogP contribution in [0, 0.1) is 5.92 Å². The summed E-state index contributed by atoms with van der Waals surface area (Å²) in [5.74, 6) is -0.353. The summed E-state index contributed by atoms with van der Waals surface area (Å²) in [7, 11) is 0. The van der Waals surface area contributed by atoms with Crippen molar-refractivity contribution in [1.29, 1.82) is 0 Å². The van der Waals surface area contributed by atoms with E-state index < -0.39 is 12.1 Å². The number of rotatable bonds is 10. The summed E-state index contributed by atoms with van der Waals surface area (Å²) in [6.45, 7) is 8.46. The van der Waals surface area contributed by atoms with Crippen molar-refractivity contribution in [3.05, 3.63) is 16.6 Å². The van der Waals surface area contributed by atoms with E-state index in [1.54, 1.807) is 12.4 Å². The summed E-state index contributed by atoms with van der Waals surface area (Å²) in [6.07, 6.45) is 0.665. The predicted octanol–water partition coefficient (Wildman–Crippen LogP) is 0.904. The molecule has 2 amide bonds. The van der Waals surface area contributed by atoms with Gasteiger partial charge in [0, 0.05) is 30.9 Å². The lowest BCUT2D eigenvalue weighted by molar-refractivity contribution is -0.130. The Balaban J connectivity index is 0.00000576. The Morgan fingerprint density at radius 3 is 2.48 bits per heavy atom. The van der Waals surface area contributed by atoms with Crippen molar-refractivity contribution in [3.8, 4) is 0 Å². The van der Waals surface area contributed by atoms with Gasteiger partial charge in [0.05, 0.1) is 17.2 Å². The molecule has 0 saturated heterocycles. The molecule has 0 saturated carbocycles. The summed E-state index contributed by atoms with van der Waals surface area (Å²) in [5, 5.41) is 10.6. The van der Waals surface area contributed by atoms with Crippen molar-refractivity contribution >= 4 is 23.2 Å². The molecule has 1 heterocycles. The van der Waals surface area contributed by atoms with Crippen LogP contribution in [0.5, 0.6) is 0 Å². The second kappa shape index (κ2) is 11.9. The van der Waals surface area contributed by atoms with Crippen LogP contribution in [0.1, 0.15) is 40.8 Å². The lowest BCUT2D eigenvalue weighted by Gasteiger charge is -2.24. The maximum atomic E-state index is 12.3. The highest BCUT2D eigenvalue weighted by atomic mass is 32.1. The van der Waals surface area contributed by atoms with Crippen LogP contribution in [0.15, 0.2) is 10.9 Å². The Bertz CT molecular complexity index is 507. The minimum Gasteiger partial charge on any atom is -0.355 e. The average Bonchev–Trinajstić information content (AvgIpc) is 3.02. The normalized spacial score (nSPS) is 14.3. The summed E-state index contributed by atoms with van der Waals surface area (Å²) in [5.41, 5.74) is 8.79. The lowest BCUT2D eigenvalue weighted by atomic mass is 10.0. The Kier molecular flexibility index (Phi) is 11.2. The van der Waals surface area contributed by atoms with Gasteiger partial charge in [0.15, 0.2) is 0 Å². The van der Waals surface area contributed by atoms with Gasteiger partial charge in [0.25, 0.3) is 0 Å². The summed E-state index contributed by atoms with van der Waals surface area (Å²) >= 11 is 1.54. The fourth-order valence-electron chi connectivity index (χ4n) is 2.20. The number of nitrogens with two attached hydrogens (primary N) is 1. The van der Waals surface area contributed by atoms with E-state index in [2.05, 4.69) is 20.9 Å². The Hall–Kier alpha value is -1.51. The third-order valence-electron chi connectivity index (χ3n) is 3.63. The Labute approximate surface area is 155 Å². The smallest absolute Gasteiger partial charge is 0.242 e. The first-order valence-electron chi connectivity index (χ1n) is 8.29. The molecular formula is C17H33N5O2S. The molecule has 0 spiro atoms. The van der Waals surface area contributed by atoms with Crippen LogP contribution in [0.25, 0.3) is 0 Å². The molecule has 0 aliphatic heterocycles. The SMILES string of the molecule is C.CCNC(=O)[C@@H](NC(=O)C(C)NC[C@@H](N)Cc1cscn1)C(C)C. The van der Waals surface area contributed by atoms with Gasteiger partial charge in [-0.05, 0) is 19.8 Å². The second-order valence-corrected chi connectivity index (χ2v) is 6.92. The summed E-state index contributed by atoms with van der Waals surface area (Å²) < 4.78 is 0. The number of hydrogen-bond donors (Lipinski definition) is 4. The van der Waals surface area contributed by atoms with Crippen LogP contribution < -0.4 is 21.7 Å². The zero-order valence-corrected chi connectivity index (χ0v) is 15.7. The van der Waals surface area contributed by atoms with Gasteiger partial charge in [-0.1, -0.05) is 21.3 Å². The van der Waals surface area contributed by atoms with Gasteiger partial charge in [-0.25, -0.2) is 4.98 Å². The van der Waals surface area contributed by atoms with Crippen molar-refractivity contribution in [2.45, 2.75) is 59.7 Å². The van der Waals surface area contributed by atoms with Crippen LogP contribution in [0.3, 0.4) is 0 Å². The highest BCUT2D eigenvalue weighted by Crippen LogP contribution is 2.04. The van der Waals surface area contributed by atoms with E-state index in [1.807, 2.05) is 26.2 Å². The van der Waals surface area contributed by atoms with E-state index in [0.29, 0.717) is 19.5 Å². The van der Waals surface area contributed by atoms with E-state index in [1.165, 1.54) is 11.3 Å². The van der Waals surface area contributed by atoms with Gasteiger partial charge in [0.1, 0.15) is 6.04 Å². The molecule has 5 N–H and O–H groups in total. The standard InChI is InChI=1S/C16H29N5O2S.CH4/c1-5-18-16(23)14(10(2)3)21-15(22)11(4)19-7-12(17)6-13-8-24-9-20-13;/h8-12,14,19H,5-7,17H2,1-4H3,(H,18,23)(H,21,22);1H4/t11?,12-,14-;/m0./s1. The Morgan fingerprint density at radius 1 is 1.28 bits per heavy atom. The number of nitrogens with one attached hydrogen (secondary N) is 3. The Morgan fingerprint density at radius 2 is 1.96 bits per heavy atom. The largest absolute Gasteiger partial charge is 0.355 e. The molecule has 0 aliphatic rings. The van der Waals surface area contributed by atoms with Crippen LogP contribution in [-0.2, 0) is 16.0 Å². The number of aromatic nitrogens is 1. The maximum absolute atomic E-state index is 12.3. The third kappa shape index (κ3) is 8.42. The number of nitrogens with zero attached hydrogens (tertiary/aromatic N) is 1. The number of carbonyl (C=O) groups is 2. The van der Waals surface area contributed by atoms with E-state index in [9.17, 15) is 9.59 Å².